The Kier molecular flexibility index (Phi) is 5.78. The number of hydrogen-bond acceptors (Lipinski definition) is 7. The zero-order valence-corrected chi connectivity index (χ0v) is 16.0. The fourth-order valence-corrected chi connectivity index (χ4v) is 4.16. The third kappa shape index (κ3) is 3.73. The van der Waals surface area contributed by atoms with Gasteiger partial charge in [-0.25, -0.2) is 4.98 Å². The highest BCUT2D eigenvalue weighted by Crippen LogP contribution is 2.42. The molecule has 1 aliphatic heterocycles. The van der Waals surface area contributed by atoms with Crippen LogP contribution in [-0.2, 0) is 0 Å². The number of benzene rings is 1. The molecule has 0 saturated carbocycles. The first-order valence-electron chi connectivity index (χ1n) is 8.34. The topological polar surface area (TPSA) is 55.9 Å². The van der Waals surface area contributed by atoms with Crippen LogP contribution in [0, 0.1) is 6.92 Å². The molecule has 0 bridgehead atoms. The van der Waals surface area contributed by atoms with Gasteiger partial charge in [-0.15, -0.1) is 11.3 Å². The van der Waals surface area contributed by atoms with Crippen LogP contribution in [0.25, 0.3) is 0 Å². The minimum Gasteiger partial charge on any atom is -0.493 e. The van der Waals surface area contributed by atoms with Gasteiger partial charge >= 0.3 is 0 Å². The van der Waals surface area contributed by atoms with Gasteiger partial charge in [-0.1, -0.05) is 0 Å². The van der Waals surface area contributed by atoms with E-state index in [1.54, 1.807) is 32.7 Å². The first kappa shape index (κ1) is 18.0. The molecule has 25 heavy (non-hydrogen) atoms. The summed E-state index contributed by atoms with van der Waals surface area (Å²) in [6.07, 6.45) is 0. The summed E-state index contributed by atoms with van der Waals surface area (Å²) < 4.78 is 16.6. The van der Waals surface area contributed by atoms with Gasteiger partial charge in [0.1, 0.15) is 5.01 Å². The number of thiazole rings is 1. The normalized spacial score (nSPS) is 16.5. The molecule has 1 unspecified atom stereocenters. The summed E-state index contributed by atoms with van der Waals surface area (Å²) in [6, 6.07) is 4.14. The van der Waals surface area contributed by atoms with Crippen LogP contribution in [0.2, 0.25) is 0 Å². The summed E-state index contributed by atoms with van der Waals surface area (Å²) in [5, 5.41) is 6.60. The molecular formula is C18H25N3O3S. The molecule has 2 aromatic rings. The molecule has 1 aromatic heterocycles. The van der Waals surface area contributed by atoms with Crippen molar-refractivity contribution in [1.82, 2.24) is 15.2 Å². The van der Waals surface area contributed by atoms with Crippen LogP contribution in [0.15, 0.2) is 17.5 Å². The zero-order chi connectivity index (χ0) is 17.8. The minimum absolute atomic E-state index is 0.0782. The lowest BCUT2D eigenvalue weighted by molar-refractivity contribution is 0.197. The van der Waals surface area contributed by atoms with E-state index in [1.165, 1.54) is 0 Å². The van der Waals surface area contributed by atoms with E-state index < -0.39 is 0 Å². The molecule has 2 heterocycles. The van der Waals surface area contributed by atoms with Gasteiger partial charge in [-0.05, 0) is 24.6 Å². The van der Waals surface area contributed by atoms with Crippen LogP contribution in [0.5, 0.6) is 17.2 Å². The second-order valence-electron chi connectivity index (χ2n) is 5.97. The minimum atomic E-state index is 0.0782. The monoisotopic (exact) mass is 363 g/mol. The summed E-state index contributed by atoms with van der Waals surface area (Å²) in [6.45, 7) is 5.93. The molecule has 1 N–H and O–H groups in total. The van der Waals surface area contributed by atoms with Crippen LogP contribution in [0.4, 0.5) is 0 Å². The summed E-state index contributed by atoms with van der Waals surface area (Å²) in [5.41, 5.74) is 2.15. The fraction of sp³-hybridized carbons (Fsp3) is 0.500. The first-order chi connectivity index (χ1) is 12.2. The highest BCUT2D eigenvalue weighted by Gasteiger charge is 2.28. The Labute approximate surface area is 152 Å². The molecule has 0 radical (unpaired) electrons. The quantitative estimate of drug-likeness (QED) is 0.851. The van der Waals surface area contributed by atoms with Crippen molar-refractivity contribution in [3.8, 4) is 17.2 Å². The van der Waals surface area contributed by atoms with Gasteiger partial charge in [0.2, 0.25) is 5.75 Å². The SMILES string of the molecule is COc1cc(C(c2nc(C)cs2)N2CCNCC2)cc(OC)c1OC. The van der Waals surface area contributed by atoms with Crippen molar-refractivity contribution in [2.45, 2.75) is 13.0 Å². The van der Waals surface area contributed by atoms with Crippen molar-refractivity contribution in [1.29, 1.82) is 0 Å². The average Bonchev–Trinajstić information content (AvgIpc) is 3.07. The number of nitrogens with zero attached hydrogens (tertiary/aromatic N) is 2. The van der Waals surface area contributed by atoms with Gasteiger partial charge in [-0.3, -0.25) is 4.90 Å². The maximum Gasteiger partial charge on any atom is 0.203 e. The number of ether oxygens (including phenoxy) is 3. The first-order valence-corrected chi connectivity index (χ1v) is 9.22. The molecule has 1 saturated heterocycles. The van der Waals surface area contributed by atoms with Crippen molar-refractivity contribution in [3.05, 3.63) is 33.8 Å². The highest BCUT2D eigenvalue weighted by atomic mass is 32.1. The third-order valence-corrected chi connectivity index (χ3v) is 5.41. The van der Waals surface area contributed by atoms with E-state index in [1.807, 2.05) is 19.1 Å². The number of aromatic nitrogens is 1. The molecule has 1 aromatic carbocycles. The predicted octanol–water partition coefficient (Wildman–Crippen LogP) is 2.47. The number of piperazine rings is 1. The van der Waals surface area contributed by atoms with Crippen LogP contribution in [-0.4, -0.2) is 57.4 Å². The molecule has 3 rings (SSSR count). The second kappa shape index (κ2) is 8.03. The van der Waals surface area contributed by atoms with Crippen LogP contribution in [0.1, 0.15) is 22.3 Å². The Balaban J connectivity index is 2.09. The molecule has 1 aliphatic rings. The van der Waals surface area contributed by atoms with Crippen LogP contribution in [0.3, 0.4) is 0 Å². The summed E-state index contributed by atoms with van der Waals surface area (Å²) >= 11 is 1.70. The average molecular weight is 363 g/mol. The third-order valence-electron chi connectivity index (χ3n) is 4.39. The van der Waals surface area contributed by atoms with Gasteiger partial charge in [0.15, 0.2) is 11.5 Å². The Hall–Kier alpha value is -1.83. The summed E-state index contributed by atoms with van der Waals surface area (Å²) in [4.78, 5) is 7.21. The van der Waals surface area contributed by atoms with E-state index in [4.69, 9.17) is 19.2 Å². The van der Waals surface area contributed by atoms with Crippen molar-refractivity contribution < 1.29 is 14.2 Å². The standard InChI is InChI=1S/C18H25N3O3S/c1-12-11-25-18(20-12)16(21-7-5-19-6-8-21)13-9-14(22-2)17(24-4)15(10-13)23-3/h9-11,16,19H,5-8H2,1-4H3. The molecule has 7 heteroatoms. The summed E-state index contributed by atoms with van der Waals surface area (Å²) in [7, 11) is 4.92. The summed E-state index contributed by atoms with van der Waals surface area (Å²) in [5.74, 6) is 1.96. The molecule has 0 spiro atoms. The number of rotatable bonds is 6. The smallest absolute Gasteiger partial charge is 0.203 e. The Morgan fingerprint density at radius 1 is 1.08 bits per heavy atom. The van der Waals surface area contributed by atoms with Crippen molar-refractivity contribution in [3.63, 3.8) is 0 Å². The molecular weight excluding hydrogens is 338 g/mol. The van der Waals surface area contributed by atoms with E-state index in [2.05, 4.69) is 15.6 Å². The van der Waals surface area contributed by atoms with Crippen LogP contribution < -0.4 is 19.5 Å². The lowest BCUT2D eigenvalue weighted by Gasteiger charge is -2.34. The maximum absolute atomic E-state index is 5.55. The Morgan fingerprint density at radius 2 is 1.72 bits per heavy atom. The fourth-order valence-electron chi connectivity index (χ4n) is 3.21. The van der Waals surface area contributed by atoms with E-state index in [0.29, 0.717) is 17.2 Å². The second-order valence-corrected chi connectivity index (χ2v) is 6.86. The lowest BCUT2D eigenvalue weighted by atomic mass is 10.0. The molecule has 6 nitrogen and oxygen atoms in total. The number of nitrogens with one attached hydrogen (secondary N) is 1. The van der Waals surface area contributed by atoms with E-state index in [0.717, 1.165) is 42.4 Å². The number of hydrogen-bond donors (Lipinski definition) is 1. The van der Waals surface area contributed by atoms with Gasteiger partial charge in [-0.2, -0.15) is 0 Å². The zero-order valence-electron chi connectivity index (χ0n) is 15.2. The van der Waals surface area contributed by atoms with Crippen molar-refractivity contribution in [2.24, 2.45) is 0 Å². The molecule has 0 amide bonds. The molecule has 1 fully saturated rings. The van der Waals surface area contributed by atoms with Gasteiger partial charge in [0.05, 0.1) is 27.4 Å². The van der Waals surface area contributed by atoms with Gasteiger partial charge in [0, 0.05) is 37.3 Å². The number of methoxy groups -OCH3 is 3. The van der Waals surface area contributed by atoms with E-state index in [9.17, 15) is 0 Å². The predicted molar refractivity (Wildman–Crippen MR) is 99.2 cm³/mol. The van der Waals surface area contributed by atoms with Crippen LogP contribution >= 0.6 is 11.3 Å². The maximum atomic E-state index is 5.55. The highest BCUT2D eigenvalue weighted by molar-refractivity contribution is 7.09. The Bertz CT molecular complexity index is 688. The van der Waals surface area contributed by atoms with E-state index >= 15 is 0 Å². The Morgan fingerprint density at radius 3 is 2.20 bits per heavy atom. The molecule has 136 valence electrons. The van der Waals surface area contributed by atoms with E-state index in [-0.39, 0.29) is 6.04 Å². The van der Waals surface area contributed by atoms with Gasteiger partial charge < -0.3 is 19.5 Å². The molecule has 0 aliphatic carbocycles. The largest absolute Gasteiger partial charge is 0.493 e. The molecule has 1 atom stereocenters. The van der Waals surface area contributed by atoms with Gasteiger partial charge in [0.25, 0.3) is 0 Å². The lowest BCUT2D eigenvalue weighted by Crippen LogP contribution is -2.45. The van der Waals surface area contributed by atoms with Crippen molar-refractivity contribution >= 4 is 11.3 Å². The number of aryl methyl sites for hydroxylation is 1. The van der Waals surface area contributed by atoms with Crippen molar-refractivity contribution in [2.75, 3.05) is 47.5 Å².